The van der Waals surface area contributed by atoms with E-state index in [4.69, 9.17) is 26.2 Å². The lowest BCUT2D eigenvalue weighted by molar-refractivity contribution is 0.0492. The molecule has 0 bridgehead atoms. The molecule has 0 fully saturated rings. The highest BCUT2D eigenvalue weighted by Gasteiger charge is 2.10. The van der Waals surface area contributed by atoms with Gasteiger partial charge in [-0.3, -0.25) is 0 Å². The first-order valence-electron chi connectivity index (χ1n) is 8.39. The lowest BCUT2D eigenvalue weighted by Crippen LogP contribution is -2.07. The second kappa shape index (κ2) is 12.2. The Balaban J connectivity index is 2.36. The molecule has 5 heteroatoms. The summed E-state index contributed by atoms with van der Waals surface area (Å²) in [5, 5.41) is 9.09. The van der Waals surface area contributed by atoms with E-state index in [1.807, 2.05) is 0 Å². The van der Waals surface area contributed by atoms with Crippen LogP contribution in [0.25, 0.3) is 0 Å². The van der Waals surface area contributed by atoms with Crippen molar-refractivity contribution < 1.29 is 19.4 Å². The van der Waals surface area contributed by atoms with E-state index in [0.29, 0.717) is 42.4 Å². The number of aliphatic hydroxyl groups is 1. The van der Waals surface area contributed by atoms with E-state index in [-0.39, 0.29) is 6.61 Å². The van der Waals surface area contributed by atoms with Crippen LogP contribution in [0.1, 0.15) is 62.2 Å². The number of benzene rings is 1. The Labute approximate surface area is 143 Å². The number of halogens is 1. The van der Waals surface area contributed by atoms with Crippen LogP contribution < -0.4 is 4.74 Å². The number of rotatable bonds is 12. The average Bonchev–Trinajstić information content (AvgIpc) is 2.55. The second-order valence-electron chi connectivity index (χ2n) is 5.47. The van der Waals surface area contributed by atoms with Crippen LogP contribution in [-0.2, 0) is 4.74 Å². The van der Waals surface area contributed by atoms with Crippen LogP contribution in [0.3, 0.4) is 0 Å². The van der Waals surface area contributed by atoms with Gasteiger partial charge < -0.3 is 14.6 Å². The molecule has 1 N–H and O–H groups in total. The minimum absolute atomic E-state index is 0.105. The molecule has 0 amide bonds. The number of hydrogen-bond acceptors (Lipinski definition) is 4. The fraction of sp³-hybridized carbons (Fsp3) is 0.611. The Morgan fingerprint density at radius 2 is 1.83 bits per heavy atom. The Morgan fingerprint density at radius 1 is 1.09 bits per heavy atom. The average molecular weight is 343 g/mol. The summed E-state index contributed by atoms with van der Waals surface area (Å²) >= 11 is 6.15. The molecule has 0 aliphatic rings. The van der Waals surface area contributed by atoms with Crippen LogP contribution in [-0.4, -0.2) is 30.9 Å². The van der Waals surface area contributed by atoms with Gasteiger partial charge in [0.2, 0.25) is 0 Å². The van der Waals surface area contributed by atoms with E-state index in [1.54, 1.807) is 18.2 Å². The maximum Gasteiger partial charge on any atom is 0.338 e. The topological polar surface area (TPSA) is 55.8 Å². The quantitative estimate of drug-likeness (QED) is 0.445. The Kier molecular flexibility index (Phi) is 10.5. The Bertz CT molecular complexity index is 462. The van der Waals surface area contributed by atoms with Gasteiger partial charge in [-0.25, -0.2) is 4.79 Å². The van der Waals surface area contributed by atoms with E-state index >= 15 is 0 Å². The van der Waals surface area contributed by atoms with Crippen molar-refractivity contribution in [2.24, 2.45) is 0 Å². The van der Waals surface area contributed by atoms with Crippen molar-refractivity contribution >= 4 is 17.6 Å². The fourth-order valence-electron chi connectivity index (χ4n) is 2.09. The normalized spacial score (nSPS) is 10.6. The number of hydrogen-bond donors (Lipinski definition) is 1. The molecule has 0 spiro atoms. The predicted molar refractivity (Wildman–Crippen MR) is 92.3 cm³/mol. The van der Waals surface area contributed by atoms with Crippen molar-refractivity contribution in [2.75, 3.05) is 19.8 Å². The van der Waals surface area contributed by atoms with E-state index in [9.17, 15) is 4.79 Å². The zero-order valence-electron chi connectivity index (χ0n) is 13.9. The highest BCUT2D eigenvalue weighted by atomic mass is 35.5. The summed E-state index contributed by atoms with van der Waals surface area (Å²) in [4.78, 5) is 11.8. The number of carbonyl (C=O) groups excluding carboxylic acids is 1. The van der Waals surface area contributed by atoms with Gasteiger partial charge in [-0.2, -0.15) is 0 Å². The van der Waals surface area contributed by atoms with Crippen LogP contribution in [0.4, 0.5) is 0 Å². The molecular weight excluding hydrogens is 316 g/mol. The number of ether oxygens (including phenoxy) is 2. The number of carbonyl (C=O) groups is 1. The molecule has 0 radical (unpaired) electrons. The summed E-state index contributed by atoms with van der Waals surface area (Å²) in [7, 11) is 0. The van der Waals surface area contributed by atoms with Crippen molar-refractivity contribution in [1.82, 2.24) is 0 Å². The lowest BCUT2D eigenvalue weighted by Gasteiger charge is -2.09. The molecule has 0 atom stereocenters. The first-order valence-corrected chi connectivity index (χ1v) is 8.77. The fourth-order valence-corrected chi connectivity index (χ4v) is 2.33. The van der Waals surface area contributed by atoms with Crippen molar-refractivity contribution in [3.63, 3.8) is 0 Å². The Hall–Kier alpha value is -1.26. The largest absolute Gasteiger partial charge is 0.492 e. The lowest BCUT2D eigenvalue weighted by atomic mass is 10.2. The molecule has 0 aromatic heterocycles. The van der Waals surface area contributed by atoms with Gasteiger partial charge in [0.25, 0.3) is 0 Å². The van der Waals surface area contributed by atoms with Gasteiger partial charge >= 0.3 is 5.97 Å². The third-order valence-corrected chi connectivity index (χ3v) is 3.75. The molecular formula is C18H27ClO4. The smallest absolute Gasteiger partial charge is 0.338 e. The maximum atomic E-state index is 11.8. The van der Waals surface area contributed by atoms with Crippen LogP contribution >= 0.6 is 11.6 Å². The standard InChI is InChI=1S/C18H27ClO4/c1-2-3-4-5-7-12-22-17-10-9-15(14-16(17)19)18(21)23-13-8-6-11-20/h9-10,14,20H,2-8,11-13H2,1H3. The van der Waals surface area contributed by atoms with Crippen LogP contribution in [0, 0.1) is 0 Å². The third kappa shape index (κ3) is 8.24. The number of unbranched alkanes of at least 4 members (excludes halogenated alkanes) is 5. The molecule has 0 unspecified atom stereocenters. The second-order valence-corrected chi connectivity index (χ2v) is 5.88. The first kappa shape index (κ1) is 19.8. The van der Waals surface area contributed by atoms with Crippen molar-refractivity contribution in [3.05, 3.63) is 28.8 Å². The van der Waals surface area contributed by atoms with Crippen molar-refractivity contribution in [3.8, 4) is 5.75 Å². The molecule has 130 valence electrons. The summed E-state index contributed by atoms with van der Waals surface area (Å²) in [6.07, 6.45) is 7.15. The van der Waals surface area contributed by atoms with Gasteiger partial charge in [-0.1, -0.05) is 44.2 Å². The van der Waals surface area contributed by atoms with E-state index < -0.39 is 5.97 Å². The molecule has 0 aliphatic heterocycles. The van der Waals surface area contributed by atoms with Crippen LogP contribution in [0.15, 0.2) is 18.2 Å². The van der Waals surface area contributed by atoms with E-state index in [2.05, 4.69) is 6.92 Å². The molecule has 1 rings (SSSR count). The van der Waals surface area contributed by atoms with Crippen LogP contribution in [0.2, 0.25) is 5.02 Å². The molecule has 1 aromatic carbocycles. The number of esters is 1. The monoisotopic (exact) mass is 342 g/mol. The van der Waals surface area contributed by atoms with Gasteiger partial charge in [-0.15, -0.1) is 0 Å². The predicted octanol–water partition coefficient (Wildman–Crippen LogP) is 4.62. The van der Waals surface area contributed by atoms with Gasteiger partial charge in [-0.05, 0) is 37.5 Å². The zero-order valence-corrected chi connectivity index (χ0v) is 14.6. The highest BCUT2D eigenvalue weighted by molar-refractivity contribution is 6.32. The van der Waals surface area contributed by atoms with Gasteiger partial charge in [0.15, 0.2) is 0 Å². The summed E-state index contributed by atoms with van der Waals surface area (Å²) in [6, 6.07) is 4.94. The Morgan fingerprint density at radius 3 is 2.52 bits per heavy atom. The van der Waals surface area contributed by atoms with E-state index in [0.717, 1.165) is 12.8 Å². The molecule has 0 saturated carbocycles. The molecule has 0 heterocycles. The molecule has 0 aliphatic carbocycles. The third-order valence-electron chi connectivity index (χ3n) is 3.46. The van der Waals surface area contributed by atoms with Gasteiger partial charge in [0, 0.05) is 6.61 Å². The van der Waals surface area contributed by atoms with Crippen molar-refractivity contribution in [2.45, 2.75) is 51.9 Å². The molecule has 23 heavy (non-hydrogen) atoms. The summed E-state index contributed by atoms with van der Waals surface area (Å²) in [6.45, 7) is 3.23. The highest BCUT2D eigenvalue weighted by Crippen LogP contribution is 2.26. The van der Waals surface area contributed by atoms with Gasteiger partial charge in [0.05, 0.1) is 23.8 Å². The van der Waals surface area contributed by atoms with Crippen molar-refractivity contribution in [1.29, 1.82) is 0 Å². The number of aliphatic hydroxyl groups excluding tert-OH is 1. The minimum Gasteiger partial charge on any atom is -0.492 e. The molecule has 0 saturated heterocycles. The molecule has 4 nitrogen and oxygen atoms in total. The summed E-state index contributed by atoms with van der Waals surface area (Å²) < 4.78 is 10.8. The SMILES string of the molecule is CCCCCCCOc1ccc(C(=O)OCCCCO)cc1Cl. The van der Waals surface area contributed by atoms with Gasteiger partial charge in [0.1, 0.15) is 5.75 Å². The first-order chi connectivity index (χ1) is 11.2. The van der Waals surface area contributed by atoms with Crippen LogP contribution in [0.5, 0.6) is 5.75 Å². The van der Waals surface area contributed by atoms with E-state index in [1.165, 1.54) is 19.3 Å². The minimum atomic E-state index is -0.407. The summed E-state index contributed by atoms with van der Waals surface area (Å²) in [5.74, 6) is 0.190. The summed E-state index contributed by atoms with van der Waals surface area (Å²) in [5.41, 5.74) is 0.411. The molecule has 1 aromatic rings. The zero-order chi connectivity index (χ0) is 16.9. The maximum absolute atomic E-state index is 11.8.